The van der Waals surface area contributed by atoms with Gasteiger partial charge in [0.1, 0.15) is 0 Å². The average Bonchev–Trinajstić information content (AvgIpc) is 2.05. The second-order valence-electron chi connectivity index (χ2n) is 2.56. The van der Waals surface area contributed by atoms with E-state index in [9.17, 15) is 0 Å². The molecule has 0 heterocycles. The summed E-state index contributed by atoms with van der Waals surface area (Å²) in [6.07, 6.45) is 0. The van der Waals surface area contributed by atoms with Gasteiger partial charge in [-0.1, -0.05) is 28.1 Å². The van der Waals surface area contributed by atoms with Crippen molar-refractivity contribution in [1.82, 2.24) is 5.32 Å². The first-order chi connectivity index (χ1) is 5.24. The molecule has 0 aliphatic carbocycles. The van der Waals surface area contributed by atoms with Crippen molar-refractivity contribution in [3.8, 4) is 0 Å². The molecule has 68 valence electrons. The van der Waals surface area contributed by atoms with E-state index in [4.69, 9.17) is 0 Å². The molecule has 0 saturated carbocycles. The second kappa shape index (κ2) is 5.57. The number of hydrogen-bond acceptors (Lipinski definition) is 1. The number of hydrogen-bond donors (Lipinski definition) is 1. The lowest BCUT2D eigenvalue weighted by Gasteiger charge is -2.09. The van der Waals surface area contributed by atoms with Gasteiger partial charge in [0.2, 0.25) is 0 Å². The van der Waals surface area contributed by atoms with Gasteiger partial charge in [0.25, 0.3) is 0 Å². The van der Waals surface area contributed by atoms with Crippen molar-refractivity contribution in [2.24, 2.45) is 0 Å². The van der Waals surface area contributed by atoms with Crippen molar-refractivity contribution >= 4 is 28.3 Å². The Kier molecular flexibility index (Phi) is 5.55. The molecule has 0 fully saturated rings. The van der Waals surface area contributed by atoms with Crippen LogP contribution in [-0.4, -0.2) is 7.05 Å². The van der Waals surface area contributed by atoms with Crippen LogP contribution < -0.4 is 5.32 Å². The van der Waals surface area contributed by atoms with Crippen LogP contribution in [0.4, 0.5) is 0 Å². The van der Waals surface area contributed by atoms with E-state index in [1.807, 2.05) is 7.05 Å². The molecule has 0 aliphatic rings. The van der Waals surface area contributed by atoms with Crippen LogP contribution in [0.5, 0.6) is 0 Å². The molecule has 1 atom stereocenters. The lowest BCUT2D eigenvalue weighted by molar-refractivity contribution is 0.652. The number of rotatable bonds is 2. The predicted molar refractivity (Wildman–Crippen MR) is 58.9 cm³/mol. The van der Waals surface area contributed by atoms with Crippen LogP contribution in [0.3, 0.4) is 0 Å². The third kappa shape index (κ3) is 3.13. The van der Waals surface area contributed by atoms with Crippen LogP contribution in [0, 0.1) is 0 Å². The van der Waals surface area contributed by atoms with Gasteiger partial charge >= 0.3 is 0 Å². The van der Waals surface area contributed by atoms with Gasteiger partial charge in [0.15, 0.2) is 0 Å². The van der Waals surface area contributed by atoms with Crippen molar-refractivity contribution in [3.05, 3.63) is 34.3 Å². The predicted octanol–water partition coefficient (Wildman–Crippen LogP) is 3.15. The molecule has 0 amide bonds. The van der Waals surface area contributed by atoms with Crippen LogP contribution in [0.2, 0.25) is 0 Å². The summed E-state index contributed by atoms with van der Waals surface area (Å²) in [4.78, 5) is 0. The van der Waals surface area contributed by atoms with Crippen LogP contribution >= 0.6 is 28.3 Å². The van der Waals surface area contributed by atoms with Gasteiger partial charge in [-0.3, -0.25) is 0 Å². The first-order valence-corrected chi connectivity index (χ1v) is 4.46. The summed E-state index contributed by atoms with van der Waals surface area (Å²) < 4.78 is 1.13. The molecule has 1 aromatic rings. The fourth-order valence-corrected chi connectivity index (χ4v) is 1.18. The van der Waals surface area contributed by atoms with Gasteiger partial charge < -0.3 is 5.32 Å². The van der Waals surface area contributed by atoms with E-state index in [-0.39, 0.29) is 12.4 Å². The van der Waals surface area contributed by atoms with E-state index in [1.165, 1.54) is 5.56 Å². The van der Waals surface area contributed by atoms with Crippen molar-refractivity contribution in [1.29, 1.82) is 0 Å². The molecular formula is C9H13BrClN. The quantitative estimate of drug-likeness (QED) is 0.850. The van der Waals surface area contributed by atoms with Crippen LogP contribution in [0.1, 0.15) is 18.5 Å². The highest BCUT2D eigenvalue weighted by atomic mass is 79.9. The van der Waals surface area contributed by atoms with E-state index in [0.29, 0.717) is 6.04 Å². The number of nitrogens with one attached hydrogen (secondary N) is 1. The normalized spacial score (nSPS) is 11.9. The Morgan fingerprint density at radius 3 is 2.17 bits per heavy atom. The minimum Gasteiger partial charge on any atom is -0.313 e. The van der Waals surface area contributed by atoms with Crippen LogP contribution in [0.25, 0.3) is 0 Å². The number of halogens is 2. The van der Waals surface area contributed by atoms with Crippen molar-refractivity contribution < 1.29 is 0 Å². The molecular weight excluding hydrogens is 237 g/mol. The molecule has 0 saturated heterocycles. The Morgan fingerprint density at radius 1 is 1.25 bits per heavy atom. The first kappa shape index (κ1) is 11.9. The van der Waals surface area contributed by atoms with Crippen molar-refractivity contribution in [2.45, 2.75) is 13.0 Å². The molecule has 1 nitrogen and oxygen atoms in total. The lowest BCUT2D eigenvalue weighted by Crippen LogP contribution is -2.11. The highest BCUT2D eigenvalue weighted by Gasteiger charge is 1.99. The summed E-state index contributed by atoms with van der Waals surface area (Å²) >= 11 is 3.40. The molecule has 1 rings (SSSR count). The highest BCUT2D eigenvalue weighted by Crippen LogP contribution is 2.15. The molecule has 1 aromatic carbocycles. The topological polar surface area (TPSA) is 12.0 Å². The zero-order valence-electron chi connectivity index (χ0n) is 7.17. The minimum absolute atomic E-state index is 0. The van der Waals surface area contributed by atoms with Gasteiger partial charge in [-0.05, 0) is 31.7 Å². The maximum atomic E-state index is 3.40. The van der Waals surface area contributed by atoms with Gasteiger partial charge in [0, 0.05) is 10.5 Å². The fourth-order valence-electron chi connectivity index (χ4n) is 0.918. The standard InChI is InChI=1S/C9H12BrN.ClH/c1-7(11-2)8-3-5-9(10)6-4-8;/h3-7,11H,1-2H3;1H/t7-;/m1./s1. The Hall–Kier alpha value is -0.0500. The molecule has 3 heteroatoms. The van der Waals surface area contributed by atoms with E-state index in [1.54, 1.807) is 0 Å². The lowest BCUT2D eigenvalue weighted by atomic mass is 10.1. The van der Waals surface area contributed by atoms with E-state index in [2.05, 4.69) is 52.4 Å². The average molecular weight is 251 g/mol. The maximum absolute atomic E-state index is 3.40. The molecule has 0 aliphatic heterocycles. The molecule has 0 aromatic heterocycles. The second-order valence-corrected chi connectivity index (χ2v) is 3.48. The van der Waals surface area contributed by atoms with Gasteiger partial charge in [0.05, 0.1) is 0 Å². The van der Waals surface area contributed by atoms with Crippen molar-refractivity contribution in [3.63, 3.8) is 0 Å². The molecule has 0 radical (unpaired) electrons. The molecule has 12 heavy (non-hydrogen) atoms. The summed E-state index contributed by atoms with van der Waals surface area (Å²) in [6.45, 7) is 2.14. The summed E-state index contributed by atoms with van der Waals surface area (Å²) in [5, 5.41) is 3.19. The molecule has 1 N–H and O–H groups in total. The highest BCUT2D eigenvalue weighted by molar-refractivity contribution is 9.10. The van der Waals surface area contributed by atoms with Crippen LogP contribution in [-0.2, 0) is 0 Å². The monoisotopic (exact) mass is 249 g/mol. The van der Waals surface area contributed by atoms with Gasteiger partial charge in [-0.2, -0.15) is 0 Å². The largest absolute Gasteiger partial charge is 0.313 e. The Labute approximate surface area is 88.1 Å². The third-order valence-electron chi connectivity index (χ3n) is 1.80. The Balaban J connectivity index is 0.00000121. The van der Waals surface area contributed by atoms with E-state index >= 15 is 0 Å². The maximum Gasteiger partial charge on any atom is 0.0289 e. The fraction of sp³-hybridized carbons (Fsp3) is 0.333. The smallest absolute Gasteiger partial charge is 0.0289 e. The zero-order valence-corrected chi connectivity index (χ0v) is 9.58. The van der Waals surface area contributed by atoms with E-state index in [0.717, 1.165) is 4.47 Å². The SMILES string of the molecule is CN[C@H](C)c1ccc(Br)cc1.Cl. The summed E-state index contributed by atoms with van der Waals surface area (Å²) in [5.74, 6) is 0. The van der Waals surface area contributed by atoms with Crippen molar-refractivity contribution in [2.75, 3.05) is 7.05 Å². The van der Waals surface area contributed by atoms with Crippen LogP contribution in [0.15, 0.2) is 28.7 Å². The summed E-state index contributed by atoms with van der Waals surface area (Å²) in [5.41, 5.74) is 1.32. The first-order valence-electron chi connectivity index (χ1n) is 3.67. The van der Waals surface area contributed by atoms with E-state index < -0.39 is 0 Å². The summed E-state index contributed by atoms with van der Waals surface area (Å²) in [6, 6.07) is 8.78. The Bertz CT molecular complexity index is 222. The van der Waals surface area contributed by atoms with Gasteiger partial charge in [-0.25, -0.2) is 0 Å². The summed E-state index contributed by atoms with van der Waals surface area (Å²) in [7, 11) is 1.96. The molecule has 0 unspecified atom stereocenters. The molecule has 0 spiro atoms. The number of benzene rings is 1. The van der Waals surface area contributed by atoms with Gasteiger partial charge in [-0.15, -0.1) is 12.4 Å². The minimum atomic E-state index is 0. The Morgan fingerprint density at radius 2 is 1.75 bits per heavy atom. The third-order valence-corrected chi connectivity index (χ3v) is 2.33. The zero-order chi connectivity index (χ0) is 8.27. The molecule has 0 bridgehead atoms.